The standard InChI is InChI=1S/C16H16ClFN2O/c1-11-5-6-15(14(17)9-11)20-16(21)19-8-7-12-3-2-4-13(18)10-12/h2-6,9-10H,7-8H2,1H3,(H2,19,20,21). The smallest absolute Gasteiger partial charge is 0.319 e. The number of halogens is 2. The van der Waals surface area contributed by atoms with Gasteiger partial charge in [-0.15, -0.1) is 0 Å². The molecular weight excluding hydrogens is 291 g/mol. The first kappa shape index (κ1) is 15.3. The fourth-order valence-electron chi connectivity index (χ4n) is 1.90. The maximum atomic E-state index is 13.0. The molecule has 0 atom stereocenters. The van der Waals surface area contributed by atoms with Crippen molar-refractivity contribution in [3.63, 3.8) is 0 Å². The lowest BCUT2D eigenvalue weighted by atomic mass is 10.1. The number of carbonyl (C=O) groups is 1. The molecule has 2 rings (SSSR count). The number of nitrogens with one attached hydrogen (secondary N) is 2. The summed E-state index contributed by atoms with van der Waals surface area (Å²) in [5, 5.41) is 5.88. The molecule has 0 bridgehead atoms. The van der Waals surface area contributed by atoms with Gasteiger partial charge in [0.25, 0.3) is 0 Å². The van der Waals surface area contributed by atoms with Crippen molar-refractivity contribution in [2.75, 3.05) is 11.9 Å². The Morgan fingerprint density at radius 3 is 2.76 bits per heavy atom. The summed E-state index contributed by atoms with van der Waals surface area (Å²) < 4.78 is 13.0. The summed E-state index contributed by atoms with van der Waals surface area (Å²) >= 11 is 6.04. The number of hydrogen-bond donors (Lipinski definition) is 2. The minimum absolute atomic E-state index is 0.275. The minimum atomic E-state index is -0.336. The lowest BCUT2D eigenvalue weighted by Gasteiger charge is -2.09. The molecule has 3 nitrogen and oxygen atoms in total. The molecule has 2 aromatic rings. The SMILES string of the molecule is Cc1ccc(NC(=O)NCCc2cccc(F)c2)c(Cl)c1. The van der Waals surface area contributed by atoms with Crippen molar-refractivity contribution < 1.29 is 9.18 Å². The second kappa shape index (κ2) is 7.09. The van der Waals surface area contributed by atoms with Gasteiger partial charge in [0.05, 0.1) is 10.7 Å². The number of amides is 2. The highest BCUT2D eigenvalue weighted by molar-refractivity contribution is 6.33. The normalized spacial score (nSPS) is 10.2. The zero-order valence-corrected chi connectivity index (χ0v) is 12.4. The molecule has 0 fully saturated rings. The summed E-state index contributed by atoms with van der Waals surface area (Å²) in [6, 6.07) is 11.4. The van der Waals surface area contributed by atoms with Crippen LogP contribution in [0.25, 0.3) is 0 Å². The van der Waals surface area contributed by atoms with Crippen molar-refractivity contribution in [2.24, 2.45) is 0 Å². The van der Waals surface area contributed by atoms with E-state index in [1.807, 2.05) is 19.1 Å². The van der Waals surface area contributed by atoms with Crippen LogP contribution in [0, 0.1) is 12.7 Å². The maximum Gasteiger partial charge on any atom is 0.319 e. The van der Waals surface area contributed by atoms with Gasteiger partial charge in [0.15, 0.2) is 0 Å². The third-order valence-corrected chi connectivity index (χ3v) is 3.27. The van der Waals surface area contributed by atoms with E-state index in [1.165, 1.54) is 12.1 Å². The highest BCUT2D eigenvalue weighted by Gasteiger charge is 2.05. The summed E-state index contributed by atoms with van der Waals surface area (Å²) in [5.74, 6) is -0.275. The van der Waals surface area contributed by atoms with Crippen molar-refractivity contribution in [3.05, 3.63) is 64.4 Å². The van der Waals surface area contributed by atoms with Crippen molar-refractivity contribution in [1.29, 1.82) is 0 Å². The Morgan fingerprint density at radius 1 is 1.24 bits per heavy atom. The van der Waals surface area contributed by atoms with E-state index in [-0.39, 0.29) is 11.8 Å². The third kappa shape index (κ3) is 4.76. The van der Waals surface area contributed by atoms with Crippen LogP contribution in [0.5, 0.6) is 0 Å². The molecule has 2 N–H and O–H groups in total. The van der Waals surface area contributed by atoms with E-state index >= 15 is 0 Å². The largest absolute Gasteiger partial charge is 0.338 e. The number of urea groups is 1. The Balaban J connectivity index is 1.82. The van der Waals surface area contributed by atoms with Gasteiger partial charge < -0.3 is 10.6 Å². The van der Waals surface area contributed by atoms with Gasteiger partial charge in [-0.25, -0.2) is 9.18 Å². The molecule has 0 saturated carbocycles. The predicted octanol–water partition coefficient (Wildman–Crippen LogP) is 4.15. The van der Waals surface area contributed by atoms with Crippen molar-refractivity contribution >= 4 is 23.3 Å². The Hall–Kier alpha value is -2.07. The average molecular weight is 307 g/mol. The highest BCUT2D eigenvalue weighted by Crippen LogP contribution is 2.22. The number of anilines is 1. The summed E-state index contributed by atoms with van der Waals surface area (Å²) in [5.41, 5.74) is 2.42. The maximum absolute atomic E-state index is 13.0. The zero-order valence-electron chi connectivity index (χ0n) is 11.6. The molecule has 0 aliphatic rings. The molecule has 0 saturated heterocycles. The lowest BCUT2D eigenvalue weighted by Crippen LogP contribution is -2.30. The Kier molecular flexibility index (Phi) is 5.17. The molecular formula is C16H16ClFN2O. The summed E-state index contributed by atoms with van der Waals surface area (Å²) in [7, 11) is 0. The van der Waals surface area contributed by atoms with Crippen LogP contribution < -0.4 is 10.6 Å². The van der Waals surface area contributed by atoms with Crippen LogP contribution >= 0.6 is 11.6 Å². The summed E-state index contributed by atoms with van der Waals surface area (Å²) in [4.78, 5) is 11.8. The summed E-state index contributed by atoms with van der Waals surface area (Å²) in [6.07, 6.45) is 0.562. The van der Waals surface area contributed by atoms with E-state index < -0.39 is 0 Å². The molecule has 0 aliphatic carbocycles. The van der Waals surface area contributed by atoms with E-state index in [9.17, 15) is 9.18 Å². The number of hydrogen-bond acceptors (Lipinski definition) is 1. The van der Waals surface area contributed by atoms with Crippen LogP contribution in [-0.4, -0.2) is 12.6 Å². The van der Waals surface area contributed by atoms with E-state index in [1.54, 1.807) is 18.2 Å². The monoisotopic (exact) mass is 306 g/mol. The van der Waals surface area contributed by atoms with Gasteiger partial charge in [-0.05, 0) is 48.7 Å². The predicted molar refractivity (Wildman–Crippen MR) is 83.3 cm³/mol. The van der Waals surface area contributed by atoms with Crippen LogP contribution in [0.15, 0.2) is 42.5 Å². The molecule has 5 heteroatoms. The molecule has 0 unspecified atom stereocenters. The Labute approximate surface area is 128 Å². The van der Waals surface area contributed by atoms with Crippen LogP contribution in [-0.2, 0) is 6.42 Å². The van der Waals surface area contributed by atoms with Crippen molar-refractivity contribution in [3.8, 4) is 0 Å². The number of benzene rings is 2. The van der Waals surface area contributed by atoms with Crippen LogP contribution in [0.3, 0.4) is 0 Å². The molecule has 110 valence electrons. The lowest BCUT2D eigenvalue weighted by molar-refractivity contribution is 0.252. The molecule has 21 heavy (non-hydrogen) atoms. The van der Waals surface area contributed by atoms with Crippen LogP contribution in [0.1, 0.15) is 11.1 Å². The molecule has 0 radical (unpaired) electrons. The topological polar surface area (TPSA) is 41.1 Å². The van der Waals surface area contributed by atoms with Gasteiger partial charge in [0, 0.05) is 6.54 Å². The van der Waals surface area contributed by atoms with Gasteiger partial charge in [0.2, 0.25) is 0 Å². The summed E-state index contributed by atoms with van der Waals surface area (Å²) in [6.45, 7) is 2.34. The second-order valence-electron chi connectivity index (χ2n) is 4.74. The quantitative estimate of drug-likeness (QED) is 0.875. The number of aryl methyl sites for hydroxylation is 1. The van der Waals surface area contributed by atoms with Crippen LogP contribution in [0.2, 0.25) is 5.02 Å². The molecule has 0 spiro atoms. The Bertz CT molecular complexity index is 646. The van der Waals surface area contributed by atoms with E-state index in [0.29, 0.717) is 23.7 Å². The van der Waals surface area contributed by atoms with Crippen molar-refractivity contribution in [2.45, 2.75) is 13.3 Å². The van der Waals surface area contributed by atoms with E-state index in [0.717, 1.165) is 11.1 Å². The molecule has 2 amide bonds. The fraction of sp³-hybridized carbons (Fsp3) is 0.188. The first-order valence-electron chi connectivity index (χ1n) is 6.60. The van der Waals surface area contributed by atoms with Crippen LogP contribution in [0.4, 0.5) is 14.9 Å². The first-order valence-corrected chi connectivity index (χ1v) is 6.98. The molecule has 2 aromatic carbocycles. The number of rotatable bonds is 4. The van der Waals surface area contributed by atoms with Gasteiger partial charge in [-0.1, -0.05) is 29.8 Å². The highest BCUT2D eigenvalue weighted by atomic mass is 35.5. The third-order valence-electron chi connectivity index (χ3n) is 2.96. The molecule has 0 aromatic heterocycles. The molecule has 0 aliphatic heterocycles. The number of carbonyl (C=O) groups excluding carboxylic acids is 1. The van der Waals surface area contributed by atoms with Gasteiger partial charge in [-0.2, -0.15) is 0 Å². The average Bonchev–Trinajstić information content (AvgIpc) is 2.42. The van der Waals surface area contributed by atoms with Gasteiger partial charge in [-0.3, -0.25) is 0 Å². The minimum Gasteiger partial charge on any atom is -0.338 e. The van der Waals surface area contributed by atoms with Crippen molar-refractivity contribution in [1.82, 2.24) is 5.32 Å². The molecule has 0 heterocycles. The zero-order chi connectivity index (χ0) is 15.2. The van der Waals surface area contributed by atoms with Gasteiger partial charge in [0.1, 0.15) is 5.82 Å². The van der Waals surface area contributed by atoms with E-state index in [2.05, 4.69) is 10.6 Å². The Morgan fingerprint density at radius 2 is 2.05 bits per heavy atom. The fourth-order valence-corrected chi connectivity index (χ4v) is 2.18. The van der Waals surface area contributed by atoms with E-state index in [4.69, 9.17) is 11.6 Å². The first-order chi connectivity index (χ1) is 10.0. The second-order valence-corrected chi connectivity index (χ2v) is 5.15. The van der Waals surface area contributed by atoms with Gasteiger partial charge >= 0.3 is 6.03 Å².